The predicted molar refractivity (Wildman–Crippen MR) is 126 cm³/mol. The molecule has 0 unspecified atom stereocenters. The molecule has 1 fully saturated rings. The molecule has 15 heteroatoms. The van der Waals surface area contributed by atoms with E-state index in [1.165, 1.54) is 41.3 Å². The lowest BCUT2D eigenvalue weighted by atomic mass is 10.1. The van der Waals surface area contributed by atoms with E-state index in [9.17, 15) is 41.4 Å². The average molecular weight is 545 g/mol. The van der Waals surface area contributed by atoms with Crippen molar-refractivity contribution in [3.8, 4) is 5.75 Å². The number of halogens is 3. The second kappa shape index (κ2) is 10.0. The van der Waals surface area contributed by atoms with E-state index >= 15 is 0 Å². The molecule has 0 atom stereocenters. The van der Waals surface area contributed by atoms with Gasteiger partial charge < -0.3 is 9.64 Å². The van der Waals surface area contributed by atoms with E-state index < -0.39 is 43.9 Å². The lowest BCUT2D eigenvalue weighted by Gasteiger charge is -2.35. The Morgan fingerprint density at radius 3 is 2.22 bits per heavy atom. The van der Waals surface area contributed by atoms with Crippen LogP contribution in [0, 0.1) is 21.9 Å². The molecule has 0 radical (unpaired) electrons. The van der Waals surface area contributed by atoms with Crippen LogP contribution in [0.3, 0.4) is 0 Å². The van der Waals surface area contributed by atoms with Crippen LogP contribution in [0.25, 0.3) is 0 Å². The number of aryl methyl sites for hydroxylation is 1. The molecule has 0 aromatic heterocycles. The van der Waals surface area contributed by atoms with Crippen LogP contribution in [-0.4, -0.2) is 55.3 Å². The Hall–Kier alpha value is -3.59. The van der Waals surface area contributed by atoms with Gasteiger partial charge in [-0.3, -0.25) is 14.9 Å². The Morgan fingerprint density at radius 2 is 1.70 bits per heavy atom. The first-order chi connectivity index (χ1) is 17.1. The minimum absolute atomic E-state index is 0.0145. The van der Waals surface area contributed by atoms with E-state index in [0.717, 1.165) is 12.1 Å². The van der Waals surface area contributed by atoms with Gasteiger partial charge in [0.2, 0.25) is 10.0 Å². The Balaban J connectivity index is 1.78. The third kappa shape index (κ3) is 5.88. The molecular weight excluding hydrogens is 521 g/mol. The molecule has 3 rings (SSSR count). The summed E-state index contributed by atoms with van der Waals surface area (Å²) in [7, 11) is -3.99. The maximum Gasteiger partial charge on any atom is 0.416 e. The van der Waals surface area contributed by atoms with Crippen molar-refractivity contribution in [1.82, 2.24) is 4.31 Å². The number of ether oxygens (including phenoxy) is 1. The standard InChI is InChI=1S/C22H23F3N4O7S/c1-14-12-16(5-7-19(14)36-21(2,3)20(30)26-31)37(34,35)28-10-8-27(9-11-28)17-6-4-15(22(23,24)25)13-18(17)29(32)33/h4-7,12-13H,8-11H2,1-3H3. The summed E-state index contributed by atoms with van der Waals surface area (Å²) >= 11 is 0. The molecule has 1 heterocycles. The molecule has 0 aliphatic carbocycles. The molecule has 37 heavy (non-hydrogen) atoms. The van der Waals surface area contributed by atoms with Crippen molar-refractivity contribution in [2.24, 2.45) is 5.18 Å². The summed E-state index contributed by atoms with van der Waals surface area (Å²) < 4.78 is 72.0. The lowest BCUT2D eigenvalue weighted by Crippen LogP contribution is -2.48. The van der Waals surface area contributed by atoms with E-state index in [2.05, 4.69) is 5.18 Å². The monoisotopic (exact) mass is 544 g/mol. The number of alkyl halides is 3. The van der Waals surface area contributed by atoms with Crippen molar-refractivity contribution in [1.29, 1.82) is 0 Å². The largest absolute Gasteiger partial charge is 0.478 e. The van der Waals surface area contributed by atoms with E-state index in [1.807, 2.05) is 0 Å². The van der Waals surface area contributed by atoms with Gasteiger partial charge in [0.25, 0.3) is 5.69 Å². The van der Waals surface area contributed by atoms with Gasteiger partial charge in [-0.1, -0.05) is 0 Å². The highest BCUT2D eigenvalue weighted by Crippen LogP contribution is 2.37. The molecule has 11 nitrogen and oxygen atoms in total. The fourth-order valence-electron chi connectivity index (χ4n) is 3.76. The highest BCUT2D eigenvalue weighted by molar-refractivity contribution is 7.89. The van der Waals surface area contributed by atoms with Crippen molar-refractivity contribution < 1.29 is 36.0 Å². The van der Waals surface area contributed by atoms with Gasteiger partial charge in [0.05, 0.1) is 15.4 Å². The van der Waals surface area contributed by atoms with E-state index in [-0.39, 0.29) is 42.5 Å². The van der Waals surface area contributed by atoms with Gasteiger partial charge in [0, 0.05) is 37.4 Å². The normalized spacial score (nSPS) is 15.4. The first-order valence-corrected chi connectivity index (χ1v) is 12.3. The van der Waals surface area contributed by atoms with Crippen molar-refractivity contribution >= 4 is 27.3 Å². The van der Waals surface area contributed by atoms with Crippen LogP contribution < -0.4 is 9.64 Å². The molecule has 0 spiro atoms. The van der Waals surface area contributed by atoms with Gasteiger partial charge in [-0.25, -0.2) is 8.42 Å². The van der Waals surface area contributed by atoms with Crippen LogP contribution in [0.2, 0.25) is 0 Å². The molecule has 0 N–H and O–H groups in total. The van der Waals surface area contributed by atoms with Gasteiger partial charge in [-0.2, -0.15) is 17.5 Å². The third-order valence-corrected chi connectivity index (χ3v) is 7.72. The SMILES string of the molecule is Cc1cc(S(=O)(=O)N2CCN(c3ccc(C(F)(F)F)cc3[N+](=O)[O-])CC2)ccc1OC(C)(C)C(=O)N=O. The number of hydrogen-bond donors (Lipinski definition) is 0. The Labute approximate surface area is 210 Å². The second-order valence-corrected chi connectivity index (χ2v) is 10.7. The first kappa shape index (κ1) is 28.0. The van der Waals surface area contributed by atoms with Gasteiger partial charge in [-0.15, -0.1) is 4.91 Å². The highest BCUT2D eigenvalue weighted by atomic mass is 32.2. The molecule has 1 aliphatic heterocycles. The zero-order chi connectivity index (χ0) is 27.8. The third-order valence-electron chi connectivity index (χ3n) is 5.83. The van der Waals surface area contributed by atoms with Crippen molar-refractivity contribution in [2.75, 3.05) is 31.1 Å². The number of nitro benzene ring substituents is 1. The zero-order valence-corrected chi connectivity index (χ0v) is 20.8. The lowest BCUT2D eigenvalue weighted by molar-refractivity contribution is -0.384. The van der Waals surface area contributed by atoms with Gasteiger partial charge >= 0.3 is 12.1 Å². The summed E-state index contributed by atoms with van der Waals surface area (Å²) in [5.74, 6) is -0.852. The number of anilines is 1. The Morgan fingerprint density at radius 1 is 1.08 bits per heavy atom. The van der Waals surface area contributed by atoms with Crippen molar-refractivity contribution in [3.05, 3.63) is 62.5 Å². The Bertz CT molecular complexity index is 1340. The molecule has 2 aromatic rings. The quantitative estimate of drug-likeness (QED) is 0.291. The molecule has 1 aliphatic rings. The van der Waals surface area contributed by atoms with E-state index in [0.29, 0.717) is 11.6 Å². The number of hydrogen-bond acceptors (Lipinski definition) is 8. The molecule has 1 amide bonds. The maximum atomic E-state index is 13.2. The number of nitroso groups, excluding NO2 is 1. The molecule has 0 saturated carbocycles. The van der Waals surface area contributed by atoms with Crippen molar-refractivity contribution in [3.63, 3.8) is 0 Å². The minimum Gasteiger partial charge on any atom is -0.478 e. The van der Waals surface area contributed by atoms with Crippen molar-refractivity contribution in [2.45, 2.75) is 37.4 Å². The molecule has 1 saturated heterocycles. The number of piperazine rings is 1. The highest BCUT2D eigenvalue weighted by Gasteiger charge is 2.36. The van der Waals surface area contributed by atoms with Gasteiger partial charge in [-0.05, 0) is 56.7 Å². The summed E-state index contributed by atoms with van der Waals surface area (Å²) in [6.07, 6.45) is -4.74. The Kier molecular flexibility index (Phi) is 7.60. The number of benzene rings is 2. The number of carbonyl (C=O) groups is 1. The topological polar surface area (TPSA) is 139 Å². The number of amides is 1. The number of sulfonamides is 1. The molecular formula is C22H23F3N4O7S. The first-order valence-electron chi connectivity index (χ1n) is 10.9. The molecule has 0 bridgehead atoms. The second-order valence-electron chi connectivity index (χ2n) is 8.79. The zero-order valence-electron chi connectivity index (χ0n) is 20.0. The smallest absolute Gasteiger partial charge is 0.416 e. The van der Waals surface area contributed by atoms with Crippen LogP contribution in [0.4, 0.5) is 24.5 Å². The predicted octanol–water partition coefficient (Wildman–Crippen LogP) is 3.88. The minimum atomic E-state index is -4.74. The number of carbonyl (C=O) groups excluding carboxylic acids is 1. The fraction of sp³-hybridized carbons (Fsp3) is 0.409. The summed E-state index contributed by atoms with van der Waals surface area (Å²) in [5.41, 5.74) is -3.07. The summed E-state index contributed by atoms with van der Waals surface area (Å²) in [4.78, 5) is 34.1. The van der Waals surface area contributed by atoms with E-state index in [1.54, 1.807) is 6.92 Å². The van der Waals surface area contributed by atoms with Gasteiger partial charge in [0.15, 0.2) is 5.60 Å². The van der Waals surface area contributed by atoms with Crippen LogP contribution >= 0.6 is 0 Å². The van der Waals surface area contributed by atoms with Crippen LogP contribution in [0.5, 0.6) is 5.75 Å². The van der Waals surface area contributed by atoms with Crippen LogP contribution in [0.1, 0.15) is 25.0 Å². The van der Waals surface area contributed by atoms with Crippen LogP contribution in [0.15, 0.2) is 46.5 Å². The number of nitro groups is 1. The number of nitrogens with zero attached hydrogens (tertiary/aromatic N) is 4. The maximum absolute atomic E-state index is 13.2. The summed E-state index contributed by atoms with van der Waals surface area (Å²) in [5, 5.41) is 13.8. The average Bonchev–Trinajstić information content (AvgIpc) is 2.83. The molecule has 200 valence electrons. The molecule has 2 aromatic carbocycles. The van der Waals surface area contributed by atoms with Crippen LogP contribution in [-0.2, 0) is 21.0 Å². The summed E-state index contributed by atoms with van der Waals surface area (Å²) in [6.45, 7) is 4.16. The van der Waals surface area contributed by atoms with Gasteiger partial charge in [0.1, 0.15) is 11.4 Å². The number of rotatable bonds is 7. The summed E-state index contributed by atoms with van der Waals surface area (Å²) in [6, 6.07) is 6.19. The van der Waals surface area contributed by atoms with E-state index in [4.69, 9.17) is 4.74 Å². The fourth-order valence-corrected chi connectivity index (χ4v) is 5.27.